The van der Waals surface area contributed by atoms with Crippen LogP contribution in [-0.2, 0) is 0 Å². The Balaban J connectivity index is 2.21. The van der Waals surface area contributed by atoms with E-state index < -0.39 is 11.8 Å². The number of amides is 2. The molecule has 0 spiro atoms. The predicted octanol–water partition coefficient (Wildman–Crippen LogP) is 2.05. The van der Waals surface area contributed by atoms with Crippen molar-refractivity contribution in [2.45, 2.75) is 13.8 Å². The maximum Gasteiger partial charge on any atom is 0.261 e. The molecule has 0 aliphatic heterocycles. The summed E-state index contributed by atoms with van der Waals surface area (Å²) in [6.07, 6.45) is 1.48. The average Bonchev–Trinajstić information content (AvgIpc) is 2.69. The molecule has 1 heterocycles. The molecule has 0 aliphatic carbocycles. The molecule has 98 valence electrons. The number of rotatable bonds is 2. The molecule has 3 N–H and O–H groups in total. The Labute approximate surface area is 110 Å². The minimum atomic E-state index is -0.525. The van der Waals surface area contributed by atoms with Gasteiger partial charge in [0.2, 0.25) is 0 Å². The third kappa shape index (κ3) is 2.49. The minimum absolute atomic E-state index is 0.273. The average molecular weight is 258 g/mol. The van der Waals surface area contributed by atoms with Gasteiger partial charge >= 0.3 is 0 Å². The van der Waals surface area contributed by atoms with Gasteiger partial charge in [0.25, 0.3) is 11.8 Å². The summed E-state index contributed by atoms with van der Waals surface area (Å²) >= 11 is 0. The van der Waals surface area contributed by atoms with Crippen LogP contribution in [0.2, 0.25) is 0 Å². The van der Waals surface area contributed by atoms with Crippen LogP contribution in [0.5, 0.6) is 0 Å². The first-order valence-electron chi connectivity index (χ1n) is 5.75. The van der Waals surface area contributed by atoms with Crippen LogP contribution in [0.1, 0.15) is 32.0 Å². The van der Waals surface area contributed by atoms with Gasteiger partial charge in [-0.1, -0.05) is 12.1 Å². The highest BCUT2D eigenvalue weighted by Crippen LogP contribution is 2.16. The molecule has 2 aromatic rings. The van der Waals surface area contributed by atoms with Crippen molar-refractivity contribution >= 4 is 17.5 Å². The zero-order chi connectivity index (χ0) is 14.0. The second-order valence-electron chi connectivity index (χ2n) is 4.22. The Morgan fingerprint density at radius 2 is 1.84 bits per heavy atom. The maximum absolute atomic E-state index is 12.0. The van der Waals surface area contributed by atoms with E-state index in [9.17, 15) is 9.59 Å². The molecule has 2 amide bonds. The standard InChI is InChI=1S/C14H14N2O3/c1-8-7-19-9(2)12(8)14(18)16-13(17)10-5-3-4-6-11(10)15/h3-7H,15H2,1-2H3,(H,16,17,18). The first kappa shape index (κ1) is 12.9. The van der Waals surface area contributed by atoms with Gasteiger partial charge in [0.15, 0.2) is 0 Å². The van der Waals surface area contributed by atoms with E-state index in [-0.39, 0.29) is 5.56 Å². The van der Waals surface area contributed by atoms with Gasteiger partial charge in [-0.15, -0.1) is 0 Å². The van der Waals surface area contributed by atoms with Crippen LogP contribution in [0.4, 0.5) is 5.69 Å². The molecule has 5 nitrogen and oxygen atoms in total. The molecular weight excluding hydrogens is 244 g/mol. The Morgan fingerprint density at radius 3 is 2.42 bits per heavy atom. The number of hydrogen-bond donors (Lipinski definition) is 2. The van der Waals surface area contributed by atoms with Crippen molar-refractivity contribution in [3.05, 3.63) is 53.0 Å². The molecular formula is C14H14N2O3. The molecule has 0 radical (unpaired) electrons. The highest BCUT2D eigenvalue weighted by Gasteiger charge is 2.19. The van der Waals surface area contributed by atoms with Crippen molar-refractivity contribution in [1.29, 1.82) is 0 Å². The summed E-state index contributed by atoms with van der Waals surface area (Å²) in [6, 6.07) is 6.57. The second kappa shape index (κ2) is 4.97. The lowest BCUT2D eigenvalue weighted by atomic mass is 10.1. The largest absolute Gasteiger partial charge is 0.469 e. The number of para-hydroxylation sites is 1. The number of aryl methyl sites for hydroxylation is 2. The smallest absolute Gasteiger partial charge is 0.261 e. The number of nitrogens with two attached hydrogens (primary N) is 1. The number of benzene rings is 1. The highest BCUT2D eigenvalue weighted by molar-refractivity contribution is 6.12. The summed E-state index contributed by atoms with van der Waals surface area (Å²) in [4.78, 5) is 24.0. The fourth-order valence-corrected chi connectivity index (χ4v) is 1.85. The van der Waals surface area contributed by atoms with Gasteiger partial charge in [0.05, 0.1) is 17.4 Å². The summed E-state index contributed by atoms with van der Waals surface area (Å²) in [5.41, 5.74) is 7.35. The third-order valence-corrected chi connectivity index (χ3v) is 2.82. The molecule has 0 bridgehead atoms. The lowest BCUT2D eigenvalue weighted by Crippen LogP contribution is -2.31. The SMILES string of the molecule is Cc1coc(C)c1C(=O)NC(=O)c1ccccc1N. The number of carbonyl (C=O) groups is 2. The van der Waals surface area contributed by atoms with Crippen LogP contribution in [0.25, 0.3) is 0 Å². The molecule has 0 fully saturated rings. The molecule has 1 aromatic carbocycles. The predicted molar refractivity (Wildman–Crippen MR) is 70.8 cm³/mol. The summed E-state index contributed by atoms with van der Waals surface area (Å²) in [6.45, 7) is 3.41. The van der Waals surface area contributed by atoms with Gasteiger partial charge in [0, 0.05) is 11.3 Å². The molecule has 19 heavy (non-hydrogen) atoms. The van der Waals surface area contributed by atoms with E-state index in [1.165, 1.54) is 6.26 Å². The van der Waals surface area contributed by atoms with Crippen LogP contribution in [0.15, 0.2) is 34.9 Å². The van der Waals surface area contributed by atoms with Crippen molar-refractivity contribution in [2.75, 3.05) is 5.73 Å². The quantitative estimate of drug-likeness (QED) is 0.637. The topological polar surface area (TPSA) is 85.3 Å². The number of furan rings is 1. The van der Waals surface area contributed by atoms with E-state index in [0.29, 0.717) is 22.6 Å². The number of nitrogen functional groups attached to an aromatic ring is 1. The molecule has 5 heteroatoms. The molecule has 2 rings (SSSR count). The maximum atomic E-state index is 12.0. The van der Waals surface area contributed by atoms with Gasteiger partial charge in [-0.3, -0.25) is 14.9 Å². The number of carbonyl (C=O) groups excluding carboxylic acids is 2. The summed E-state index contributed by atoms with van der Waals surface area (Å²) < 4.78 is 5.13. The number of imide groups is 1. The van der Waals surface area contributed by atoms with Gasteiger partial charge in [-0.25, -0.2) is 0 Å². The molecule has 0 saturated carbocycles. The van der Waals surface area contributed by atoms with Gasteiger partial charge in [-0.2, -0.15) is 0 Å². The minimum Gasteiger partial charge on any atom is -0.469 e. The number of nitrogens with one attached hydrogen (secondary N) is 1. The van der Waals surface area contributed by atoms with Crippen molar-refractivity contribution in [1.82, 2.24) is 5.32 Å². The molecule has 0 atom stereocenters. The fourth-order valence-electron chi connectivity index (χ4n) is 1.85. The lowest BCUT2D eigenvalue weighted by molar-refractivity contribution is 0.0849. The molecule has 0 saturated heterocycles. The highest BCUT2D eigenvalue weighted by atomic mass is 16.3. The molecule has 1 aromatic heterocycles. The monoisotopic (exact) mass is 258 g/mol. The van der Waals surface area contributed by atoms with E-state index in [1.807, 2.05) is 0 Å². The van der Waals surface area contributed by atoms with Crippen LogP contribution < -0.4 is 11.1 Å². The Hall–Kier alpha value is -2.56. The second-order valence-corrected chi connectivity index (χ2v) is 4.22. The van der Waals surface area contributed by atoms with E-state index in [4.69, 9.17) is 10.2 Å². The lowest BCUT2D eigenvalue weighted by Gasteiger charge is -2.06. The normalized spacial score (nSPS) is 10.2. The first-order valence-corrected chi connectivity index (χ1v) is 5.75. The summed E-state index contributed by atoms with van der Waals surface area (Å²) in [5.74, 6) is -0.538. The molecule has 0 aliphatic rings. The van der Waals surface area contributed by atoms with Crippen LogP contribution >= 0.6 is 0 Å². The number of anilines is 1. The Bertz CT molecular complexity index is 624. The van der Waals surface area contributed by atoms with Crippen LogP contribution in [0.3, 0.4) is 0 Å². The summed E-state index contributed by atoms with van der Waals surface area (Å²) in [5, 5.41) is 2.30. The number of hydrogen-bond acceptors (Lipinski definition) is 4. The Kier molecular flexibility index (Phi) is 3.37. The fraction of sp³-hybridized carbons (Fsp3) is 0.143. The zero-order valence-electron chi connectivity index (χ0n) is 10.7. The van der Waals surface area contributed by atoms with Gasteiger partial charge < -0.3 is 10.2 Å². The van der Waals surface area contributed by atoms with Crippen molar-refractivity contribution in [3.63, 3.8) is 0 Å². The van der Waals surface area contributed by atoms with Gasteiger partial charge in [0.1, 0.15) is 5.76 Å². The third-order valence-electron chi connectivity index (χ3n) is 2.82. The van der Waals surface area contributed by atoms with E-state index in [1.54, 1.807) is 38.1 Å². The van der Waals surface area contributed by atoms with E-state index >= 15 is 0 Å². The zero-order valence-corrected chi connectivity index (χ0v) is 10.7. The first-order chi connectivity index (χ1) is 9.00. The van der Waals surface area contributed by atoms with Crippen molar-refractivity contribution in [2.24, 2.45) is 0 Å². The van der Waals surface area contributed by atoms with E-state index in [0.717, 1.165) is 0 Å². The summed E-state index contributed by atoms with van der Waals surface area (Å²) in [7, 11) is 0. The van der Waals surface area contributed by atoms with Gasteiger partial charge in [-0.05, 0) is 26.0 Å². The molecule has 0 unspecified atom stereocenters. The Morgan fingerprint density at radius 1 is 1.16 bits per heavy atom. The van der Waals surface area contributed by atoms with Crippen LogP contribution in [0, 0.1) is 13.8 Å². The van der Waals surface area contributed by atoms with Crippen molar-refractivity contribution in [3.8, 4) is 0 Å². The van der Waals surface area contributed by atoms with Crippen LogP contribution in [-0.4, -0.2) is 11.8 Å². The van der Waals surface area contributed by atoms with Crippen molar-refractivity contribution < 1.29 is 14.0 Å². The van der Waals surface area contributed by atoms with E-state index in [2.05, 4.69) is 5.32 Å².